The molecule has 5 atom stereocenters. The van der Waals surface area contributed by atoms with Gasteiger partial charge < -0.3 is 32.5 Å². The highest BCUT2D eigenvalue weighted by Crippen LogP contribution is 2.12. The van der Waals surface area contributed by atoms with Crippen LogP contribution in [0.5, 0.6) is 0 Å². The second-order valence-electron chi connectivity index (χ2n) is 9.24. The van der Waals surface area contributed by atoms with Crippen molar-refractivity contribution in [2.24, 2.45) is 29.2 Å². The van der Waals surface area contributed by atoms with Crippen molar-refractivity contribution in [1.29, 1.82) is 0 Å². The lowest BCUT2D eigenvalue weighted by Crippen LogP contribution is -2.59. The Kier molecular flexibility index (Phi) is 13.3. The quantitative estimate of drug-likeness (QED) is 0.191. The third-order valence-electron chi connectivity index (χ3n) is 5.40. The minimum Gasteiger partial charge on any atom is -0.480 e. The van der Waals surface area contributed by atoms with E-state index in [0.29, 0.717) is 6.42 Å². The Labute approximate surface area is 195 Å². The number of hydrogen-bond acceptors (Lipinski definition) is 6. The molecule has 0 fully saturated rings. The lowest BCUT2D eigenvalue weighted by atomic mass is 9.96. The van der Waals surface area contributed by atoms with Crippen LogP contribution in [-0.4, -0.2) is 58.9 Å². The van der Waals surface area contributed by atoms with Crippen molar-refractivity contribution in [3.8, 4) is 0 Å². The molecule has 33 heavy (non-hydrogen) atoms. The summed E-state index contributed by atoms with van der Waals surface area (Å²) in [6.07, 6.45) is 0.817. The van der Waals surface area contributed by atoms with Crippen LogP contribution in [0, 0.1) is 17.8 Å². The normalized spacial score (nSPS) is 15.8. The second-order valence-corrected chi connectivity index (χ2v) is 9.24. The second kappa shape index (κ2) is 14.5. The third-order valence-corrected chi connectivity index (χ3v) is 5.40. The summed E-state index contributed by atoms with van der Waals surface area (Å²) in [4.78, 5) is 60.8. The number of primary amides is 1. The van der Waals surface area contributed by atoms with Crippen molar-refractivity contribution in [1.82, 2.24) is 16.0 Å². The van der Waals surface area contributed by atoms with Crippen molar-refractivity contribution in [2.75, 3.05) is 0 Å². The molecule has 0 aliphatic heterocycles. The minimum atomic E-state index is -1.16. The monoisotopic (exact) mass is 471 g/mol. The molecule has 8 N–H and O–H groups in total. The first-order valence-corrected chi connectivity index (χ1v) is 11.4. The van der Waals surface area contributed by atoms with Gasteiger partial charge in [0.1, 0.15) is 18.1 Å². The number of carbonyl (C=O) groups excluding carboxylic acids is 4. The summed E-state index contributed by atoms with van der Waals surface area (Å²) in [6, 6.07) is -4.07. The summed E-state index contributed by atoms with van der Waals surface area (Å²) in [5, 5.41) is 17.1. The van der Waals surface area contributed by atoms with Gasteiger partial charge in [0.15, 0.2) is 0 Å². The van der Waals surface area contributed by atoms with Gasteiger partial charge in [-0.05, 0) is 30.6 Å². The van der Waals surface area contributed by atoms with Gasteiger partial charge in [0.25, 0.3) is 0 Å². The molecule has 0 aromatic carbocycles. The van der Waals surface area contributed by atoms with E-state index in [1.54, 1.807) is 20.8 Å². The van der Waals surface area contributed by atoms with E-state index in [4.69, 9.17) is 11.5 Å². The Hall–Kier alpha value is -2.69. The number of nitrogens with two attached hydrogens (primary N) is 2. The number of carbonyl (C=O) groups is 5. The van der Waals surface area contributed by atoms with Crippen molar-refractivity contribution in [2.45, 2.75) is 91.4 Å². The fraction of sp³-hybridized carbons (Fsp3) is 0.773. The van der Waals surface area contributed by atoms with Gasteiger partial charge >= 0.3 is 5.97 Å². The summed E-state index contributed by atoms with van der Waals surface area (Å²) >= 11 is 0. The maximum absolute atomic E-state index is 13.1. The molecule has 0 bridgehead atoms. The largest absolute Gasteiger partial charge is 0.480 e. The summed E-state index contributed by atoms with van der Waals surface area (Å²) < 4.78 is 0. The summed E-state index contributed by atoms with van der Waals surface area (Å²) in [5.74, 6) is -4.13. The SMILES string of the molecule is CCC(C)C(NC(=O)C(N)CCC(N)=O)C(=O)NC(CC(C)C)C(=O)NC(C(=O)O)C(C)C. The molecule has 0 aliphatic carbocycles. The average molecular weight is 472 g/mol. The molecule has 0 rings (SSSR count). The molecule has 0 aromatic rings. The molecule has 0 saturated heterocycles. The van der Waals surface area contributed by atoms with Crippen LogP contribution in [0.4, 0.5) is 0 Å². The van der Waals surface area contributed by atoms with Gasteiger partial charge in [-0.15, -0.1) is 0 Å². The topological polar surface area (TPSA) is 194 Å². The Morgan fingerprint density at radius 2 is 1.39 bits per heavy atom. The van der Waals surface area contributed by atoms with Crippen LogP contribution in [0.1, 0.15) is 67.2 Å². The number of carboxylic acid groups (broad SMARTS) is 1. The number of hydrogen-bond donors (Lipinski definition) is 6. The van der Waals surface area contributed by atoms with Crippen LogP contribution in [-0.2, 0) is 24.0 Å². The number of carboxylic acids is 1. The van der Waals surface area contributed by atoms with Gasteiger partial charge in [-0.25, -0.2) is 4.79 Å². The van der Waals surface area contributed by atoms with Gasteiger partial charge in [0.05, 0.1) is 6.04 Å². The zero-order valence-electron chi connectivity index (χ0n) is 20.5. The van der Waals surface area contributed by atoms with Crippen molar-refractivity contribution in [3.63, 3.8) is 0 Å². The Bertz CT molecular complexity index is 697. The molecule has 11 heteroatoms. The first-order valence-electron chi connectivity index (χ1n) is 11.4. The Morgan fingerprint density at radius 1 is 0.848 bits per heavy atom. The van der Waals surface area contributed by atoms with E-state index >= 15 is 0 Å². The van der Waals surface area contributed by atoms with Gasteiger partial charge in [-0.2, -0.15) is 0 Å². The third kappa shape index (κ3) is 11.1. The predicted octanol–water partition coefficient (Wildman–Crippen LogP) is -0.134. The highest BCUT2D eigenvalue weighted by molar-refractivity contribution is 5.94. The minimum absolute atomic E-state index is 0.0299. The molecular formula is C22H41N5O6. The number of aliphatic carboxylic acids is 1. The van der Waals surface area contributed by atoms with Crippen molar-refractivity contribution >= 4 is 29.6 Å². The van der Waals surface area contributed by atoms with Gasteiger partial charge in [0, 0.05) is 6.42 Å². The van der Waals surface area contributed by atoms with E-state index < -0.39 is 53.8 Å². The van der Waals surface area contributed by atoms with Gasteiger partial charge in [0.2, 0.25) is 23.6 Å². The zero-order chi connectivity index (χ0) is 25.9. The summed E-state index contributed by atoms with van der Waals surface area (Å²) in [7, 11) is 0. The van der Waals surface area contributed by atoms with Gasteiger partial charge in [-0.3, -0.25) is 19.2 Å². The van der Waals surface area contributed by atoms with Crippen LogP contribution in [0.2, 0.25) is 0 Å². The molecule has 0 saturated carbocycles. The fourth-order valence-electron chi connectivity index (χ4n) is 3.12. The fourth-order valence-corrected chi connectivity index (χ4v) is 3.12. The first kappa shape index (κ1) is 30.3. The summed E-state index contributed by atoms with van der Waals surface area (Å²) in [5.41, 5.74) is 10.9. The average Bonchev–Trinajstić information content (AvgIpc) is 2.71. The first-order chi connectivity index (χ1) is 15.2. The van der Waals surface area contributed by atoms with Crippen molar-refractivity contribution in [3.05, 3.63) is 0 Å². The lowest BCUT2D eigenvalue weighted by molar-refractivity contribution is -0.143. The van der Waals surface area contributed by atoms with E-state index in [2.05, 4.69) is 16.0 Å². The van der Waals surface area contributed by atoms with E-state index in [1.807, 2.05) is 20.8 Å². The zero-order valence-corrected chi connectivity index (χ0v) is 20.5. The van der Waals surface area contributed by atoms with Crippen LogP contribution in [0.15, 0.2) is 0 Å². The maximum Gasteiger partial charge on any atom is 0.326 e. The standard InChI is InChI=1S/C22H41N5O6/c1-7-13(6)18(27-19(29)14(23)8-9-16(24)28)21(31)25-15(10-11(2)3)20(30)26-17(12(4)5)22(32)33/h11-15,17-18H,7-10,23H2,1-6H3,(H2,24,28)(H,25,31)(H,26,30)(H,27,29)(H,32,33). The van der Waals surface area contributed by atoms with Crippen LogP contribution < -0.4 is 27.4 Å². The Balaban J connectivity index is 5.52. The maximum atomic E-state index is 13.1. The van der Waals surface area contributed by atoms with Crippen LogP contribution >= 0.6 is 0 Å². The molecule has 0 spiro atoms. The molecule has 190 valence electrons. The lowest BCUT2D eigenvalue weighted by Gasteiger charge is -2.29. The van der Waals surface area contributed by atoms with Gasteiger partial charge in [-0.1, -0.05) is 48.0 Å². The van der Waals surface area contributed by atoms with Crippen LogP contribution in [0.3, 0.4) is 0 Å². The smallest absolute Gasteiger partial charge is 0.326 e. The molecule has 0 aromatic heterocycles. The number of nitrogens with one attached hydrogen (secondary N) is 3. The molecule has 5 unspecified atom stereocenters. The molecule has 0 radical (unpaired) electrons. The molecule has 0 aliphatic rings. The van der Waals surface area contributed by atoms with Crippen LogP contribution in [0.25, 0.3) is 0 Å². The van der Waals surface area contributed by atoms with Crippen molar-refractivity contribution < 1.29 is 29.1 Å². The molecule has 0 heterocycles. The highest BCUT2D eigenvalue weighted by atomic mass is 16.4. The molecule has 11 nitrogen and oxygen atoms in total. The molecular weight excluding hydrogens is 430 g/mol. The highest BCUT2D eigenvalue weighted by Gasteiger charge is 2.33. The number of rotatable bonds is 15. The number of amides is 4. The summed E-state index contributed by atoms with van der Waals surface area (Å²) in [6.45, 7) is 10.7. The van der Waals surface area contributed by atoms with E-state index in [1.165, 1.54) is 0 Å². The van der Waals surface area contributed by atoms with E-state index in [9.17, 15) is 29.1 Å². The molecule has 4 amide bonds. The van der Waals surface area contributed by atoms with E-state index in [-0.39, 0.29) is 37.0 Å². The Morgan fingerprint density at radius 3 is 1.82 bits per heavy atom. The predicted molar refractivity (Wildman–Crippen MR) is 124 cm³/mol. The van der Waals surface area contributed by atoms with E-state index in [0.717, 1.165) is 0 Å².